The van der Waals surface area contributed by atoms with Gasteiger partial charge in [-0.05, 0) is 44.6 Å². The van der Waals surface area contributed by atoms with Crippen LogP contribution in [0.5, 0.6) is 0 Å². The van der Waals surface area contributed by atoms with E-state index in [-0.39, 0.29) is 5.91 Å². The Morgan fingerprint density at radius 3 is 2.84 bits per heavy atom. The van der Waals surface area contributed by atoms with E-state index in [0.717, 1.165) is 25.8 Å². The molecule has 4 aliphatic heterocycles. The van der Waals surface area contributed by atoms with Crippen molar-refractivity contribution < 1.29 is 9.90 Å². The third kappa shape index (κ3) is 1.76. The van der Waals surface area contributed by atoms with E-state index in [9.17, 15) is 9.90 Å². The molecule has 2 bridgehead atoms. The number of amides is 1. The molecule has 19 heavy (non-hydrogen) atoms. The molecule has 4 aliphatic rings. The van der Waals surface area contributed by atoms with E-state index in [0.29, 0.717) is 30.3 Å². The minimum absolute atomic E-state index is 0.197. The van der Waals surface area contributed by atoms with Crippen molar-refractivity contribution >= 4 is 5.91 Å². The fourth-order valence-corrected chi connectivity index (χ4v) is 5.14. The van der Waals surface area contributed by atoms with Crippen molar-refractivity contribution in [3.05, 3.63) is 0 Å². The van der Waals surface area contributed by atoms with Gasteiger partial charge in [-0.1, -0.05) is 6.42 Å². The van der Waals surface area contributed by atoms with Gasteiger partial charge < -0.3 is 10.0 Å². The highest BCUT2D eigenvalue weighted by molar-refractivity contribution is 5.77. The zero-order chi connectivity index (χ0) is 13.0. The Labute approximate surface area is 114 Å². The number of carbonyl (C=O) groups excluding carboxylic acids is 1. The lowest BCUT2D eigenvalue weighted by molar-refractivity contribution is -0.190. The molecule has 4 rings (SSSR count). The van der Waals surface area contributed by atoms with Crippen LogP contribution in [0.2, 0.25) is 0 Å². The van der Waals surface area contributed by atoms with Crippen molar-refractivity contribution in [3.63, 3.8) is 0 Å². The summed E-state index contributed by atoms with van der Waals surface area (Å²) in [5, 5.41) is 10.7. The van der Waals surface area contributed by atoms with Gasteiger partial charge in [0.1, 0.15) is 6.23 Å². The van der Waals surface area contributed by atoms with E-state index in [2.05, 4.69) is 4.90 Å². The second kappa shape index (κ2) is 4.45. The normalized spacial score (nSPS) is 46.7. The second-order valence-electron chi connectivity index (χ2n) is 6.89. The standard InChI is InChI=1S/C15H24N2O2/c18-14-6-3-5-12-10-8-11(15(19)17(12)14)13-4-1-2-7-16(13)9-10/h10-13,15,19H,1-9H2/t10-,11-,12-,13+,15?/m1/s1. The summed E-state index contributed by atoms with van der Waals surface area (Å²) in [6, 6.07) is 0.839. The van der Waals surface area contributed by atoms with E-state index in [1.807, 2.05) is 4.90 Å². The van der Waals surface area contributed by atoms with Crippen LogP contribution >= 0.6 is 0 Å². The minimum Gasteiger partial charge on any atom is -0.373 e. The lowest BCUT2D eigenvalue weighted by Crippen LogP contribution is -2.68. The highest BCUT2D eigenvalue weighted by Gasteiger charge is 2.52. The molecule has 1 N–H and O–H groups in total. The van der Waals surface area contributed by atoms with Crippen molar-refractivity contribution in [3.8, 4) is 0 Å². The molecule has 106 valence electrons. The van der Waals surface area contributed by atoms with Crippen LogP contribution < -0.4 is 0 Å². The molecule has 0 aromatic heterocycles. The van der Waals surface area contributed by atoms with Gasteiger partial charge in [0, 0.05) is 31.0 Å². The Bertz CT molecular complexity index is 384. The Balaban J connectivity index is 1.65. The van der Waals surface area contributed by atoms with Gasteiger partial charge in [-0.15, -0.1) is 0 Å². The van der Waals surface area contributed by atoms with Crippen molar-refractivity contribution in [2.24, 2.45) is 11.8 Å². The van der Waals surface area contributed by atoms with Crippen molar-refractivity contribution in [1.82, 2.24) is 9.80 Å². The molecule has 4 nitrogen and oxygen atoms in total. The van der Waals surface area contributed by atoms with Crippen molar-refractivity contribution in [1.29, 1.82) is 0 Å². The number of aliphatic hydroxyl groups is 1. The van der Waals surface area contributed by atoms with Crippen LogP contribution in [0.3, 0.4) is 0 Å². The predicted molar refractivity (Wildman–Crippen MR) is 71.3 cm³/mol. The molecule has 4 fully saturated rings. The summed E-state index contributed by atoms with van der Waals surface area (Å²) in [5.41, 5.74) is 0. The number of hydrogen-bond donors (Lipinski definition) is 1. The Morgan fingerprint density at radius 1 is 1.11 bits per heavy atom. The zero-order valence-electron chi connectivity index (χ0n) is 11.5. The molecule has 0 radical (unpaired) electrons. The van der Waals surface area contributed by atoms with Crippen LogP contribution in [-0.4, -0.2) is 52.2 Å². The number of fused-ring (bicyclic) bond motifs is 6. The van der Waals surface area contributed by atoms with Crippen LogP contribution in [0.1, 0.15) is 44.9 Å². The molecule has 4 heterocycles. The Hall–Kier alpha value is -0.610. The molecule has 0 aromatic carbocycles. The maximum Gasteiger partial charge on any atom is 0.224 e. The summed E-state index contributed by atoms with van der Waals surface area (Å²) in [5.74, 6) is 1.10. The lowest BCUT2D eigenvalue weighted by atomic mass is 9.70. The largest absolute Gasteiger partial charge is 0.373 e. The van der Waals surface area contributed by atoms with Gasteiger partial charge in [-0.25, -0.2) is 0 Å². The lowest BCUT2D eigenvalue weighted by Gasteiger charge is -2.58. The van der Waals surface area contributed by atoms with Crippen LogP contribution in [0.15, 0.2) is 0 Å². The number of hydrogen-bond acceptors (Lipinski definition) is 3. The maximum absolute atomic E-state index is 12.2. The fraction of sp³-hybridized carbons (Fsp3) is 0.933. The molecular formula is C15H24N2O2. The molecule has 0 aromatic rings. The van der Waals surface area contributed by atoms with Crippen LogP contribution in [0.4, 0.5) is 0 Å². The summed E-state index contributed by atoms with van der Waals surface area (Å²) in [6.45, 7) is 2.35. The SMILES string of the molecule is O=C1CCC[C@@H]2[C@@H]3C[C@@H](C(O)N12)[C@@H]1CCCCN1C3. The fourth-order valence-electron chi connectivity index (χ4n) is 5.14. The monoisotopic (exact) mass is 264 g/mol. The molecule has 4 heteroatoms. The Morgan fingerprint density at radius 2 is 1.95 bits per heavy atom. The highest BCUT2D eigenvalue weighted by Crippen LogP contribution is 2.45. The van der Waals surface area contributed by atoms with E-state index >= 15 is 0 Å². The van der Waals surface area contributed by atoms with Gasteiger partial charge in [0.05, 0.1) is 0 Å². The molecule has 0 spiro atoms. The van der Waals surface area contributed by atoms with Crippen LogP contribution in [0.25, 0.3) is 0 Å². The van der Waals surface area contributed by atoms with Gasteiger partial charge in [0.25, 0.3) is 0 Å². The van der Waals surface area contributed by atoms with Gasteiger partial charge in [-0.2, -0.15) is 0 Å². The van der Waals surface area contributed by atoms with Gasteiger partial charge in [-0.3, -0.25) is 9.69 Å². The molecular weight excluding hydrogens is 240 g/mol. The third-order valence-electron chi connectivity index (χ3n) is 5.95. The minimum atomic E-state index is -0.514. The summed E-state index contributed by atoms with van der Waals surface area (Å²) in [6.07, 6.45) is 7.17. The second-order valence-corrected chi connectivity index (χ2v) is 6.89. The Kier molecular flexibility index (Phi) is 2.85. The van der Waals surface area contributed by atoms with E-state index in [4.69, 9.17) is 0 Å². The quantitative estimate of drug-likeness (QED) is 0.715. The number of nitrogens with zero attached hydrogens (tertiary/aromatic N) is 2. The molecule has 0 saturated carbocycles. The molecule has 4 saturated heterocycles. The number of aliphatic hydroxyl groups excluding tert-OH is 1. The first-order valence-electron chi connectivity index (χ1n) is 7.99. The van der Waals surface area contributed by atoms with Crippen LogP contribution in [0, 0.1) is 11.8 Å². The number of carbonyl (C=O) groups is 1. The summed E-state index contributed by atoms with van der Waals surface area (Å²) in [4.78, 5) is 16.7. The average Bonchev–Trinajstić information content (AvgIpc) is 2.44. The smallest absolute Gasteiger partial charge is 0.224 e. The first-order valence-corrected chi connectivity index (χ1v) is 7.99. The average molecular weight is 264 g/mol. The van der Waals surface area contributed by atoms with Gasteiger partial charge >= 0.3 is 0 Å². The molecule has 1 amide bonds. The predicted octanol–water partition coefficient (Wildman–Crippen LogP) is 1.19. The van der Waals surface area contributed by atoms with Gasteiger partial charge in [0.15, 0.2) is 0 Å². The molecule has 1 unspecified atom stereocenters. The summed E-state index contributed by atoms with van der Waals surface area (Å²) in [7, 11) is 0. The van der Waals surface area contributed by atoms with Crippen molar-refractivity contribution in [2.45, 2.75) is 63.3 Å². The molecule has 0 aliphatic carbocycles. The highest BCUT2D eigenvalue weighted by atomic mass is 16.3. The van der Waals surface area contributed by atoms with E-state index in [1.165, 1.54) is 25.8 Å². The van der Waals surface area contributed by atoms with Crippen LogP contribution in [-0.2, 0) is 4.79 Å². The van der Waals surface area contributed by atoms with Crippen molar-refractivity contribution in [2.75, 3.05) is 13.1 Å². The first kappa shape index (κ1) is 12.2. The first-order chi connectivity index (χ1) is 9.25. The summed E-state index contributed by atoms with van der Waals surface area (Å²) >= 11 is 0. The topological polar surface area (TPSA) is 43.8 Å². The number of piperidine rings is 4. The van der Waals surface area contributed by atoms with E-state index < -0.39 is 6.23 Å². The van der Waals surface area contributed by atoms with Gasteiger partial charge in [0.2, 0.25) is 5.91 Å². The zero-order valence-corrected chi connectivity index (χ0v) is 11.5. The number of rotatable bonds is 0. The van der Waals surface area contributed by atoms with E-state index in [1.54, 1.807) is 0 Å². The summed E-state index contributed by atoms with van der Waals surface area (Å²) < 4.78 is 0. The molecule has 5 atom stereocenters. The maximum atomic E-state index is 12.2. The third-order valence-corrected chi connectivity index (χ3v) is 5.95.